The molecule has 0 aromatic rings. The van der Waals surface area contributed by atoms with Crippen molar-refractivity contribution in [2.45, 2.75) is 47.0 Å². The van der Waals surface area contributed by atoms with Gasteiger partial charge in [0.1, 0.15) is 0 Å². The van der Waals surface area contributed by atoms with Crippen LogP contribution in [0.1, 0.15) is 47.0 Å². The molecule has 0 aromatic heterocycles. The predicted octanol–water partition coefficient (Wildman–Crippen LogP) is 3.59. The van der Waals surface area contributed by atoms with E-state index in [9.17, 15) is 4.79 Å². The van der Waals surface area contributed by atoms with Crippen molar-refractivity contribution >= 4 is 5.78 Å². The Bertz CT molecular complexity index is 390. The Morgan fingerprint density at radius 2 is 1.88 bits per heavy atom. The standard InChI is InChI=1S/C15H22O/c1-9-5-11(16)6-10-7-12-13(14(12,2)3)8-15(9,10)4/h6,9,12-13H,5,7-8H2,1-4H3. The Hall–Kier alpha value is -0.590. The Morgan fingerprint density at radius 1 is 1.19 bits per heavy atom. The fraction of sp³-hybridized carbons (Fsp3) is 0.800. The molecule has 2 fully saturated rings. The number of ketones is 1. The number of carbonyl (C=O) groups is 1. The van der Waals surface area contributed by atoms with Crippen LogP contribution in [0.25, 0.3) is 0 Å². The summed E-state index contributed by atoms with van der Waals surface area (Å²) in [5.74, 6) is 2.66. The maximum Gasteiger partial charge on any atom is 0.155 e. The molecule has 3 aliphatic carbocycles. The van der Waals surface area contributed by atoms with Crippen molar-refractivity contribution in [3.63, 3.8) is 0 Å². The van der Waals surface area contributed by atoms with Gasteiger partial charge in [-0.3, -0.25) is 4.79 Å². The Morgan fingerprint density at radius 3 is 2.56 bits per heavy atom. The maximum atomic E-state index is 11.7. The van der Waals surface area contributed by atoms with Crippen molar-refractivity contribution in [2.24, 2.45) is 28.6 Å². The molecule has 1 heteroatoms. The molecule has 0 saturated heterocycles. The van der Waals surface area contributed by atoms with Crippen LogP contribution in [0.2, 0.25) is 0 Å². The molecule has 0 bridgehead atoms. The fourth-order valence-electron chi connectivity index (χ4n) is 4.25. The van der Waals surface area contributed by atoms with E-state index in [0.29, 0.717) is 22.5 Å². The van der Waals surface area contributed by atoms with Crippen LogP contribution in [0.15, 0.2) is 11.6 Å². The molecule has 88 valence electrons. The number of hydrogen-bond donors (Lipinski definition) is 0. The molecule has 2 saturated carbocycles. The molecule has 0 spiro atoms. The zero-order valence-corrected chi connectivity index (χ0v) is 10.8. The van der Waals surface area contributed by atoms with Crippen LogP contribution in [0.4, 0.5) is 0 Å². The van der Waals surface area contributed by atoms with E-state index in [1.54, 1.807) is 0 Å². The highest BCUT2D eigenvalue weighted by atomic mass is 16.1. The Labute approximate surface area is 98.3 Å². The molecule has 0 N–H and O–H groups in total. The van der Waals surface area contributed by atoms with Gasteiger partial charge in [0.25, 0.3) is 0 Å². The summed E-state index contributed by atoms with van der Waals surface area (Å²) in [6, 6.07) is 0. The average Bonchev–Trinajstić information content (AvgIpc) is 2.67. The molecular weight excluding hydrogens is 196 g/mol. The van der Waals surface area contributed by atoms with Crippen LogP contribution in [0.5, 0.6) is 0 Å². The molecular formula is C15H22O. The minimum Gasteiger partial charge on any atom is -0.295 e. The largest absolute Gasteiger partial charge is 0.295 e. The summed E-state index contributed by atoms with van der Waals surface area (Å²) in [6.07, 6.45) is 5.23. The summed E-state index contributed by atoms with van der Waals surface area (Å²) in [5, 5.41) is 0. The van der Waals surface area contributed by atoms with Crippen LogP contribution in [0, 0.1) is 28.6 Å². The highest BCUT2D eigenvalue weighted by Gasteiger charge is 2.63. The van der Waals surface area contributed by atoms with Gasteiger partial charge in [-0.2, -0.15) is 0 Å². The second-order valence-electron chi connectivity index (χ2n) is 7.10. The van der Waals surface area contributed by atoms with Gasteiger partial charge >= 0.3 is 0 Å². The lowest BCUT2D eigenvalue weighted by atomic mass is 9.61. The first-order valence-electron chi connectivity index (χ1n) is 6.59. The van der Waals surface area contributed by atoms with E-state index < -0.39 is 0 Å². The van der Waals surface area contributed by atoms with Crippen molar-refractivity contribution in [1.29, 1.82) is 0 Å². The smallest absolute Gasteiger partial charge is 0.155 e. The predicted molar refractivity (Wildman–Crippen MR) is 65.0 cm³/mol. The summed E-state index contributed by atoms with van der Waals surface area (Å²) in [7, 11) is 0. The summed E-state index contributed by atoms with van der Waals surface area (Å²) in [4.78, 5) is 11.7. The van der Waals surface area contributed by atoms with Crippen molar-refractivity contribution in [3.8, 4) is 0 Å². The molecule has 3 aliphatic rings. The minimum absolute atomic E-state index is 0.322. The average molecular weight is 218 g/mol. The molecule has 0 aromatic carbocycles. The zero-order chi connectivity index (χ0) is 11.7. The number of carbonyl (C=O) groups excluding carboxylic acids is 1. The van der Waals surface area contributed by atoms with Gasteiger partial charge in [-0.1, -0.05) is 33.3 Å². The number of rotatable bonds is 0. The van der Waals surface area contributed by atoms with Crippen LogP contribution in [-0.4, -0.2) is 5.78 Å². The lowest BCUT2D eigenvalue weighted by Gasteiger charge is -2.43. The van der Waals surface area contributed by atoms with Crippen molar-refractivity contribution in [3.05, 3.63) is 11.6 Å². The monoisotopic (exact) mass is 218 g/mol. The molecule has 4 unspecified atom stereocenters. The highest BCUT2D eigenvalue weighted by molar-refractivity contribution is 5.92. The highest BCUT2D eigenvalue weighted by Crippen LogP contribution is 2.71. The van der Waals surface area contributed by atoms with E-state index in [0.717, 1.165) is 18.3 Å². The Kier molecular flexibility index (Phi) is 1.85. The lowest BCUT2D eigenvalue weighted by molar-refractivity contribution is -0.117. The van der Waals surface area contributed by atoms with E-state index >= 15 is 0 Å². The zero-order valence-electron chi connectivity index (χ0n) is 10.8. The van der Waals surface area contributed by atoms with Gasteiger partial charge in [0.15, 0.2) is 5.78 Å². The van der Waals surface area contributed by atoms with Crippen LogP contribution in [-0.2, 0) is 4.79 Å². The van der Waals surface area contributed by atoms with E-state index in [-0.39, 0.29) is 0 Å². The normalized spacial score (nSPS) is 49.1. The van der Waals surface area contributed by atoms with E-state index in [1.165, 1.54) is 18.4 Å². The third kappa shape index (κ3) is 1.15. The van der Waals surface area contributed by atoms with E-state index in [1.807, 2.05) is 6.08 Å². The van der Waals surface area contributed by atoms with E-state index in [4.69, 9.17) is 0 Å². The molecule has 3 rings (SSSR count). The van der Waals surface area contributed by atoms with Gasteiger partial charge in [0.05, 0.1) is 0 Å². The van der Waals surface area contributed by atoms with Crippen molar-refractivity contribution in [2.75, 3.05) is 0 Å². The van der Waals surface area contributed by atoms with Crippen LogP contribution in [0.3, 0.4) is 0 Å². The number of hydrogen-bond acceptors (Lipinski definition) is 1. The molecule has 0 amide bonds. The molecule has 0 aliphatic heterocycles. The molecule has 0 radical (unpaired) electrons. The van der Waals surface area contributed by atoms with Gasteiger partial charge in [-0.05, 0) is 47.5 Å². The van der Waals surface area contributed by atoms with Gasteiger partial charge in [-0.15, -0.1) is 0 Å². The number of fused-ring (bicyclic) bond motifs is 2. The third-order valence-corrected chi connectivity index (χ3v) is 6.04. The SMILES string of the molecule is CC1CC(=O)C=C2CC3C(CC21C)C3(C)C. The Balaban J connectivity index is 1.98. The first kappa shape index (κ1) is 10.6. The second-order valence-corrected chi connectivity index (χ2v) is 7.10. The first-order valence-corrected chi connectivity index (χ1v) is 6.59. The minimum atomic E-state index is 0.322. The molecule has 1 nitrogen and oxygen atoms in total. The van der Waals surface area contributed by atoms with Crippen LogP contribution < -0.4 is 0 Å². The fourth-order valence-corrected chi connectivity index (χ4v) is 4.25. The van der Waals surface area contributed by atoms with Crippen molar-refractivity contribution in [1.82, 2.24) is 0 Å². The molecule has 4 atom stereocenters. The van der Waals surface area contributed by atoms with E-state index in [2.05, 4.69) is 27.7 Å². The summed E-state index contributed by atoms with van der Waals surface area (Å²) in [5.41, 5.74) is 2.32. The molecule has 16 heavy (non-hydrogen) atoms. The second kappa shape index (κ2) is 2.80. The topological polar surface area (TPSA) is 17.1 Å². The van der Waals surface area contributed by atoms with Gasteiger partial charge in [0.2, 0.25) is 0 Å². The van der Waals surface area contributed by atoms with Crippen LogP contribution >= 0.6 is 0 Å². The summed E-state index contributed by atoms with van der Waals surface area (Å²) >= 11 is 0. The summed E-state index contributed by atoms with van der Waals surface area (Å²) < 4.78 is 0. The third-order valence-electron chi connectivity index (χ3n) is 6.04. The summed E-state index contributed by atoms with van der Waals surface area (Å²) in [6.45, 7) is 9.45. The van der Waals surface area contributed by atoms with Gasteiger partial charge in [-0.25, -0.2) is 0 Å². The first-order chi connectivity index (χ1) is 7.35. The molecule has 0 heterocycles. The van der Waals surface area contributed by atoms with Crippen molar-refractivity contribution < 1.29 is 4.79 Å². The van der Waals surface area contributed by atoms with Gasteiger partial charge in [0, 0.05) is 6.42 Å². The lowest BCUT2D eigenvalue weighted by Crippen LogP contribution is -2.36. The maximum absolute atomic E-state index is 11.7. The number of allylic oxidation sites excluding steroid dienone is 2. The quantitative estimate of drug-likeness (QED) is 0.607. The van der Waals surface area contributed by atoms with Gasteiger partial charge < -0.3 is 0 Å².